The summed E-state index contributed by atoms with van der Waals surface area (Å²) in [5.41, 5.74) is 0.741. The Morgan fingerprint density at radius 1 is 1.53 bits per heavy atom. The molecule has 0 unspecified atom stereocenters. The van der Waals surface area contributed by atoms with Crippen LogP contribution in [0, 0.1) is 11.3 Å². The minimum absolute atomic E-state index is 0.629. The maximum Gasteiger partial charge on any atom is 0.189 e. The summed E-state index contributed by atoms with van der Waals surface area (Å²) >= 11 is 1.45. The van der Waals surface area contributed by atoms with Crippen LogP contribution in [0.2, 0.25) is 0 Å². The van der Waals surface area contributed by atoms with Crippen LogP contribution in [0.5, 0.6) is 0 Å². The quantitative estimate of drug-likeness (QED) is 0.522. The van der Waals surface area contributed by atoms with Crippen LogP contribution in [0.25, 0.3) is 6.08 Å². The average molecular weight is 272 g/mol. The molecular formula is C12H12N6S. The summed E-state index contributed by atoms with van der Waals surface area (Å²) in [7, 11) is 1.84. The van der Waals surface area contributed by atoms with E-state index >= 15 is 0 Å². The van der Waals surface area contributed by atoms with Crippen LogP contribution in [-0.4, -0.2) is 26.0 Å². The first-order valence-electron chi connectivity index (χ1n) is 5.47. The first kappa shape index (κ1) is 13.1. The van der Waals surface area contributed by atoms with E-state index in [1.165, 1.54) is 17.8 Å². The Balaban J connectivity index is 2.35. The van der Waals surface area contributed by atoms with Crippen molar-refractivity contribution in [2.75, 3.05) is 11.6 Å². The van der Waals surface area contributed by atoms with Crippen LogP contribution >= 0.6 is 11.8 Å². The van der Waals surface area contributed by atoms with Crippen LogP contribution in [0.1, 0.15) is 5.56 Å². The molecular weight excluding hydrogens is 260 g/mol. The van der Waals surface area contributed by atoms with Gasteiger partial charge in [0, 0.05) is 37.1 Å². The first-order valence-corrected chi connectivity index (χ1v) is 6.69. The highest BCUT2D eigenvalue weighted by molar-refractivity contribution is 7.98. The molecule has 0 amide bonds. The topological polar surface area (TPSA) is 79.4 Å². The predicted octanol–water partition coefficient (Wildman–Crippen LogP) is 2.21. The van der Waals surface area contributed by atoms with Crippen molar-refractivity contribution in [3.05, 3.63) is 30.1 Å². The molecule has 0 aliphatic carbocycles. The van der Waals surface area contributed by atoms with Gasteiger partial charge in [0.15, 0.2) is 11.0 Å². The van der Waals surface area contributed by atoms with Gasteiger partial charge in [-0.1, -0.05) is 11.8 Å². The average Bonchev–Trinajstić information content (AvgIpc) is 2.82. The molecule has 2 aromatic rings. The van der Waals surface area contributed by atoms with E-state index in [1.807, 2.05) is 31.6 Å². The first-order chi connectivity index (χ1) is 9.22. The summed E-state index contributed by atoms with van der Waals surface area (Å²) in [6.07, 6.45) is 8.48. The van der Waals surface area contributed by atoms with E-state index in [9.17, 15) is 0 Å². The molecule has 0 aliphatic heterocycles. The maximum atomic E-state index is 8.59. The van der Waals surface area contributed by atoms with E-state index in [0.29, 0.717) is 16.8 Å². The number of hydrogen-bond donors (Lipinski definition) is 1. The molecule has 0 saturated carbocycles. The number of nitrogens with one attached hydrogen (secondary N) is 1. The third kappa shape index (κ3) is 3.33. The lowest BCUT2D eigenvalue weighted by atomic mass is 10.3. The summed E-state index contributed by atoms with van der Waals surface area (Å²) in [6.45, 7) is 0. The Bertz CT molecular complexity index is 640. The van der Waals surface area contributed by atoms with Gasteiger partial charge in [-0.15, -0.1) is 0 Å². The highest BCUT2D eigenvalue weighted by atomic mass is 32.2. The molecule has 0 radical (unpaired) electrons. The molecule has 0 aliphatic rings. The highest BCUT2D eigenvalue weighted by Crippen LogP contribution is 2.21. The molecule has 19 heavy (non-hydrogen) atoms. The number of nitrogens with zero attached hydrogens (tertiary/aromatic N) is 5. The van der Waals surface area contributed by atoms with Crippen LogP contribution < -0.4 is 5.32 Å². The molecule has 0 fully saturated rings. The zero-order chi connectivity index (χ0) is 13.7. The van der Waals surface area contributed by atoms with E-state index in [1.54, 1.807) is 17.0 Å². The van der Waals surface area contributed by atoms with E-state index in [2.05, 4.69) is 20.4 Å². The zero-order valence-corrected chi connectivity index (χ0v) is 11.3. The Kier molecular flexibility index (Phi) is 4.15. The van der Waals surface area contributed by atoms with Crippen LogP contribution in [0.3, 0.4) is 0 Å². The van der Waals surface area contributed by atoms with Crippen molar-refractivity contribution < 1.29 is 0 Å². The normalized spacial score (nSPS) is 10.6. The number of anilines is 2. The minimum atomic E-state index is 0.629. The molecule has 7 heteroatoms. The Labute approximate surface area is 115 Å². The Morgan fingerprint density at radius 3 is 3.00 bits per heavy atom. The largest absolute Gasteiger partial charge is 0.323 e. The van der Waals surface area contributed by atoms with Crippen LogP contribution in [-0.2, 0) is 7.05 Å². The Morgan fingerprint density at radius 2 is 2.37 bits per heavy atom. The molecule has 2 aromatic heterocycles. The molecule has 1 N–H and O–H groups in total. The SMILES string of the molecule is CSc1ncc(/C=C/C#N)c(Nc2ccn(C)n2)n1. The third-order valence-electron chi connectivity index (χ3n) is 2.28. The monoisotopic (exact) mass is 272 g/mol. The smallest absolute Gasteiger partial charge is 0.189 e. The van der Waals surface area contributed by atoms with E-state index < -0.39 is 0 Å². The van der Waals surface area contributed by atoms with Crippen molar-refractivity contribution in [3.63, 3.8) is 0 Å². The standard InChI is InChI=1S/C12H12N6S/c1-18-7-5-10(17-18)15-11-9(4-3-6-13)8-14-12(16-11)19-2/h3-5,7-8H,1-2H3,(H,14,15,16,17)/b4-3+. The number of hydrogen-bond acceptors (Lipinski definition) is 6. The van der Waals surface area contributed by atoms with Crippen molar-refractivity contribution in [3.8, 4) is 6.07 Å². The van der Waals surface area contributed by atoms with Gasteiger partial charge in [-0.05, 0) is 12.3 Å². The lowest BCUT2D eigenvalue weighted by Gasteiger charge is -2.06. The zero-order valence-electron chi connectivity index (χ0n) is 10.5. The van der Waals surface area contributed by atoms with Crippen molar-refractivity contribution in [2.45, 2.75) is 5.16 Å². The van der Waals surface area contributed by atoms with Gasteiger partial charge >= 0.3 is 0 Å². The molecule has 0 bridgehead atoms. The second-order valence-electron chi connectivity index (χ2n) is 3.62. The third-order valence-corrected chi connectivity index (χ3v) is 2.84. The van der Waals surface area contributed by atoms with Crippen molar-refractivity contribution >= 4 is 29.5 Å². The summed E-state index contributed by atoms with van der Waals surface area (Å²) in [5, 5.41) is 16.6. The van der Waals surface area contributed by atoms with E-state index in [-0.39, 0.29) is 0 Å². The molecule has 96 valence electrons. The fraction of sp³-hybridized carbons (Fsp3) is 0.167. The summed E-state index contributed by atoms with van der Waals surface area (Å²) < 4.78 is 1.70. The van der Waals surface area contributed by atoms with Gasteiger partial charge in [-0.3, -0.25) is 4.68 Å². The van der Waals surface area contributed by atoms with E-state index in [4.69, 9.17) is 5.26 Å². The van der Waals surface area contributed by atoms with Gasteiger partial charge in [-0.2, -0.15) is 10.4 Å². The van der Waals surface area contributed by atoms with Gasteiger partial charge in [0.1, 0.15) is 5.82 Å². The van der Waals surface area contributed by atoms with Crippen molar-refractivity contribution in [1.82, 2.24) is 19.7 Å². The molecule has 0 atom stereocenters. The fourth-order valence-electron chi connectivity index (χ4n) is 1.43. The van der Waals surface area contributed by atoms with Gasteiger partial charge in [0.05, 0.1) is 6.07 Å². The Hall–Kier alpha value is -2.33. The molecule has 6 nitrogen and oxygen atoms in total. The number of nitriles is 1. The van der Waals surface area contributed by atoms with Crippen molar-refractivity contribution in [1.29, 1.82) is 5.26 Å². The summed E-state index contributed by atoms with van der Waals surface area (Å²) in [4.78, 5) is 8.56. The predicted molar refractivity (Wildman–Crippen MR) is 75.0 cm³/mol. The number of rotatable bonds is 4. The van der Waals surface area contributed by atoms with Crippen LogP contribution in [0.4, 0.5) is 11.6 Å². The highest BCUT2D eigenvalue weighted by Gasteiger charge is 2.06. The van der Waals surface area contributed by atoms with Gasteiger partial charge in [0.25, 0.3) is 0 Å². The van der Waals surface area contributed by atoms with Crippen molar-refractivity contribution in [2.24, 2.45) is 7.05 Å². The summed E-state index contributed by atoms with van der Waals surface area (Å²) in [6, 6.07) is 3.80. The number of thioether (sulfide) groups is 1. The summed E-state index contributed by atoms with van der Waals surface area (Å²) in [5.74, 6) is 1.32. The molecule has 2 heterocycles. The van der Waals surface area contributed by atoms with Gasteiger partial charge < -0.3 is 5.32 Å². The minimum Gasteiger partial charge on any atom is -0.323 e. The second-order valence-corrected chi connectivity index (χ2v) is 4.40. The van der Waals surface area contributed by atoms with E-state index in [0.717, 1.165) is 5.56 Å². The van der Waals surface area contributed by atoms with Gasteiger partial charge in [0.2, 0.25) is 0 Å². The molecule has 0 aromatic carbocycles. The molecule has 0 saturated heterocycles. The lowest BCUT2D eigenvalue weighted by molar-refractivity contribution is 0.770. The maximum absolute atomic E-state index is 8.59. The number of aryl methyl sites for hydroxylation is 1. The molecule has 0 spiro atoms. The second kappa shape index (κ2) is 6.02. The fourth-order valence-corrected chi connectivity index (χ4v) is 1.77. The number of aromatic nitrogens is 4. The lowest BCUT2D eigenvalue weighted by Crippen LogP contribution is -2.00. The number of allylic oxidation sites excluding steroid dienone is 1. The molecule has 2 rings (SSSR count). The van der Waals surface area contributed by atoms with Gasteiger partial charge in [-0.25, -0.2) is 9.97 Å². The van der Waals surface area contributed by atoms with Crippen LogP contribution in [0.15, 0.2) is 29.7 Å².